The molecule has 0 radical (unpaired) electrons. The molecule has 1 atom stereocenters. The van der Waals surface area contributed by atoms with E-state index < -0.39 is 0 Å². The largest absolute Gasteiger partial charge is 0.385 e. The summed E-state index contributed by atoms with van der Waals surface area (Å²) in [5.74, 6) is 0.295. The van der Waals surface area contributed by atoms with Crippen molar-refractivity contribution < 1.29 is 9.53 Å². The van der Waals surface area contributed by atoms with E-state index in [-0.39, 0.29) is 0 Å². The van der Waals surface area contributed by atoms with Gasteiger partial charge in [0.25, 0.3) is 0 Å². The quantitative estimate of drug-likeness (QED) is 0.785. The highest BCUT2D eigenvalue weighted by atomic mass is 32.1. The van der Waals surface area contributed by atoms with Gasteiger partial charge in [0.1, 0.15) is 0 Å². The third-order valence-corrected chi connectivity index (χ3v) is 5.85. The lowest BCUT2D eigenvalue weighted by Crippen LogP contribution is -2.39. The summed E-state index contributed by atoms with van der Waals surface area (Å²) in [6, 6.07) is 2.59. The van der Waals surface area contributed by atoms with E-state index in [1.54, 1.807) is 18.4 Å². The van der Waals surface area contributed by atoms with Gasteiger partial charge >= 0.3 is 0 Å². The Morgan fingerprint density at radius 2 is 2.32 bits per heavy atom. The molecular formula is C17H26N2O2S. The fourth-order valence-electron chi connectivity index (χ4n) is 3.69. The van der Waals surface area contributed by atoms with E-state index in [4.69, 9.17) is 4.74 Å². The first-order valence-corrected chi connectivity index (χ1v) is 9.20. The fraction of sp³-hybridized carbons (Fsp3) is 0.706. The Kier molecular flexibility index (Phi) is 5.16. The molecule has 2 fully saturated rings. The summed E-state index contributed by atoms with van der Waals surface area (Å²) in [4.78, 5) is 14.9. The van der Waals surface area contributed by atoms with Crippen molar-refractivity contribution in [1.29, 1.82) is 0 Å². The minimum atomic E-state index is 0.295. The number of hydrogen-bond donors (Lipinski definition) is 1. The number of amides is 1. The molecular weight excluding hydrogens is 296 g/mol. The SMILES string of the molecule is COCCCC(=O)N(Cc1ccsc1)C1CC12CCNCC2. The van der Waals surface area contributed by atoms with E-state index in [1.165, 1.54) is 24.8 Å². The van der Waals surface area contributed by atoms with Crippen molar-refractivity contribution in [3.63, 3.8) is 0 Å². The van der Waals surface area contributed by atoms with Crippen LogP contribution in [0, 0.1) is 5.41 Å². The maximum absolute atomic E-state index is 12.7. The van der Waals surface area contributed by atoms with Crippen LogP contribution < -0.4 is 5.32 Å². The number of piperidine rings is 1. The lowest BCUT2D eigenvalue weighted by molar-refractivity contribution is -0.133. The van der Waals surface area contributed by atoms with Gasteiger partial charge in [0.15, 0.2) is 0 Å². The molecule has 4 nitrogen and oxygen atoms in total. The zero-order valence-electron chi connectivity index (χ0n) is 13.3. The molecule has 2 aliphatic rings. The van der Waals surface area contributed by atoms with E-state index in [9.17, 15) is 4.79 Å². The predicted molar refractivity (Wildman–Crippen MR) is 88.9 cm³/mol. The molecule has 1 aliphatic heterocycles. The van der Waals surface area contributed by atoms with Gasteiger partial charge in [0.2, 0.25) is 5.91 Å². The van der Waals surface area contributed by atoms with E-state index >= 15 is 0 Å². The molecule has 1 saturated carbocycles. The maximum atomic E-state index is 12.7. The Hall–Kier alpha value is -0.910. The average Bonchev–Trinajstić information content (AvgIpc) is 2.98. The maximum Gasteiger partial charge on any atom is 0.223 e. The minimum absolute atomic E-state index is 0.295. The number of hydrogen-bond acceptors (Lipinski definition) is 4. The second-order valence-corrected chi connectivity index (χ2v) is 7.36. The third kappa shape index (κ3) is 3.53. The van der Waals surface area contributed by atoms with Gasteiger partial charge in [-0.05, 0) is 66.6 Å². The smallest absolute Gasteiger partial charge is 0.223 e. The monoisotopic (exact) mass is 322 g/mol. The molecule has 1 amide bonds. The van der Waals surface area contributed by atoms with E-state index in [2.05, 4.69) is 27.0 Å². The summed E-state index contributed by atoms with van der Waals surface area (Å²) < 4.78 is 5.09. The number of methoxy groups -OCH3 is 1. The van der Waals surface area contributed by atoms with Crippen molar-refractivity contribution in [2.45, 2.75) is 44.7 Å². The van der Waals surface area contributed by atoms with Gasteiger partial charge in [-0.1, -0.05) is 0 Å². The number of ether oxygens (including phenoxy) is 1. The number of carbonyl (C=O) groups is 1. The van der Waals surface area contributed by atoms with Crippen LogP contribution in [-0.2, 0) is 16.1 Å². The van der Waals surface area contributed by atoms with Crippen LogP contribution in [-0.4, -0.2) is 43.7 Å². The minimum Gasteiger partial charge on any atom is -0.385 e. The van der Waals surface area contributed by atoms with E-state index in [0.717, 1.165) is 26.1 Å². The summed E-state index contributed by atoms with van der Waals surface area (Å²) in [7, 11) is 1.69. The van der Waals surface area contributed by atoms with Gasteiger partial charge in [-0.3, -0.25) is 4.79 Å². The van der Waals surface area contributed by atoms with Crippen molar-refractivity contribution in [3.05, 3.63) is 22.4 Å². The summed E-state index contributed by atoms with van der Waals surface area (Å²) in [5, 5.41) is 7.69. The molecule has 1 saturated heterocycles. The Morgan fingerprint density at radius 3 is 3.00 bits per heavy atom. The number of rotatable bonds is 7. The second kappa shape index (κ2) is 7.11. The van der Waals surface area contributed by atoms with Crippen molar-refractivity contribution in [2.75, 3.05) is 26.8 Å². The topological polar surface area (TPSA) is 41.6 Å². The highest BCUT2D eigenvalue weighted by Gasteiger charge is 2.57. The van der Waals surface area contributed by atoms with Crippen molar-refractivity contribution in [2.24, 2.45) is 5.41 Å². The molecule has 1 aliphatic carbocycles. The van der Waals surface area contributed by atoms with Crippen LogP contribution in [0.2, 0.25) is 0 Å². The average molecular weight is 322 g/mol. The van der Waals surface area contributed by atoms with Gasteiger partial charge < -0.3 is 15.0 Å². The molecule has 1 aromatic heterocycles. The Morgan fingerprint density at radius 1 is 1.50 bits per heavy atom. The summed E-state index contributed by atoms with van der Waals surface area (Å²) >= 11 is 1.71. The van der Waals surface area contributed by atoms with Crippen LogP contribution in [0.1, 0.15) is 37.7 Å². The van der Waals surface area contributed by atoms with Crippen LogP contribution in [0.5, 0.6) is 0 Å². The van der Waals surface area contributed by atoms with Gasteiger partial charge in [0.05, 0.1) is 0 Å². The van der Waals surface area contributed by atoms with Crippen molar-refractivity contribution >= 4 is 17.2 Å². The van der Waals surface area contributed by atoms with Crippen LogP contribution in [0.4, 0.5) is 0 Å². The Bertz CT molecular complexity index is 483. The standard InChI is InChI=1S/C17H26N2O2S/c1-21-9-2-3-16(20)19(12-14-4-10-22-13-14)15-11-17(15)5-7-18-8-6-17/h4,10,13,15,18H,2-3,5-9,11-12H2,1H3. The number of nitrogens with zero attached hydrogens (tertiary/aromatic N) is 1. The lowest BCUT2D eigenvalue weighted by atomic mass is 9.93. The highest BCUT2D eigenvalue weighted by Crippen LogP contribution is 2.56. The van der Waals surface area contributed by atoms with Gasteiger partial charge in [-0.2, -0.15) is 11.3 Å². The Labute approximate surface area is 136 Å². The molecule has 122 valence electrons. The fourth-order valence-corrected chi connectivity index (χ4v) is 4.35. The second-order valence-electron chi connectivity index (χ2n) is 6.58. The summed E-state index contributed by atoms with van der Waals surface area (Å²) in [6.45, 7) is 3.63. The molecule has 3 rings (SSSR count). The summed E-state index contributed by atoms with van der Waals surface area (Å²) in [6.07, 6.45) is 5.03. The molecule has 1 unspecified atom stereocenters. The number of thiophene rings is 1. The van der Waals surface area contributed by atoms with E-state index in [0.29, 0.717) is 30.4 Å². The van der Waals surface area contributed by atoms with Crippen LogP contribution in [0.3, 0.4) is 0 Å². The zero-order valence-corrected chi connectivity index (χ0v) is 14.2. The van der Waals surface area contributed by atoms with Gasteiger partial charge in [-0.25, -0.2) is 0 Å². The third-order valence-electron chi connectivity index (χ3n) is 5.11. The first-order chi connectivity index (χ1) is 10.7. The van der Waals surface area contributed by atoms with Crippen molar-refractivity contribution in [1.82, 2.24) is 10.2 Å². The van der Waals surface area contributed by atoms with Crippen LogP contribution >= 0.6 is 11.3 Å². The highest BCUT2D eigenvalue weighted by molar-refractivity contribution is 7.07. The van der Waals surface area contributed by atoms with Gasteiger partial charge in [0, 0.05) is 32.7 Å². The molecule has 1 N–H and O–H groups in total. The number of carbonyl (C=O) groups excluding carboxylic acids is 1. The molecule has 0 bridgehead atoms. The molecule has 0 aromatic carbocycles. The summed E-state index contributed by atoms with van der Waals surface area (Å²) in [5.41, 5.74) is 1.67. The molecule has 5 heteroatoms. The molecule has 22 heavy (non-hydrogen) atoms. The lowest BCUT2D eigenvalue weighted by Gasteiger charge is -2.29. The first kappa shape index (κ1) is 16.0. The zero-order chi connectivity index (χ0) is 15.4. The van der Waals surface area contributed by atoms with Gasteiger partial charge in [-0.15, -0.1) is 0 Å². The predicted octanol–water partition coefficient (Wildman–Crippen LogP) is 2.65. The van der Waals surface area contributed by atoms with Crippen LogP contribution in [0.25, 0.3) is 0 Å². The first-order valence-electron chi connectivity index (χ1n) is 8.25. The molecule has 1 spiro atoms. The van der Waals surface area contributed by atoms with Crippen molar-refractivity contribution in [3.8, 4) is 0 Å². The number of nitrogens with one attached hydrogen (secondary N) is 1. The molecule has 1 aromatic rings. The Balaban J connectivity index is 1.65. The normalized spacial score (nSPS) is 22.7. The molecule has 2 heterocycles. The van der Waals surface area contributed by atoms with E-state index in [1.807, 2.05) is 0 Å². The van der Waals surface area contributed by atoms with Crippen LogP contribution in [0.15, 0.2) is 16.8 Å².